The lowest BCUT2D eigenvalue weighted by atomic mass is 9.80. The first-order valence-electron chi connectivity index (χ1n) is 7.29. The summed E-state index contributed by atoms with van der Waals surface area (Å²) in [6.45, 7) is 7.83. The van der Waals surface area contributed by atoms with E-state index in [1.165, 1.54) is 0 Å². The molecule has 0 unspecified atom stereocenters. The summed E-state index contributed by atoms with van der Waals surface area (Å²) in [5, 5.41) is 10.4. The first-order valence-corrected chi connectivity index (χ1v) is 7.29. The van der Waals surface area contributed by atoms with Crippen molar-refractivity contribution in [3.05, 3.63) is 12.2 Å². The van der Waals surface area contributed by atoms with Gasteiger partial charge in [-0.15, -0.1) is 0 Å². The Hall–Kier alpha value is -0.910. The van der Waals surface area contributed by atoms with Crippen LogP contribution in [0.5, 0.6) is 0 Å². The van der Waals surface area contributed by atoms with E-state index in [-0.39, 0.29) is 35.8 Å². The zero-order valence-corrected chi connectivity index (χ0v) is 11.8. The van der Waals surface area contributed by atoms with Gasteiger partial charge in [0, 0.05) is 11.5 Å². The largest absolute Gasteiger partial charge is 0.455 e. The molecule has 3 aliphatic heterocycles. The van der Waals surface area contributed by atoms with Crippen molar-refractivity contribution in [2.24, 2.45) is 5.92 Å². The molecule has 1 saturated carbocycles. The van der Waals surface area contributed by atoms with Gasteiger partial charge < -0.3 is 19.3 Å². The number of hydrogen-bond acceptors (Lipinski definition) is 5. The molecule has 5 nitrogen and oxygen atoms in total. The summed E-state index contributed by atoms with van der Waals surface area (Å²) in [6, 6.07) is 0. The molecule has 3 saturated heterocycles. The minimum atomic E-state index is -0.602. The molecule has 4 fully saturated rings. The third-order valence-electron chi connectivity index (χ3n) is 5.61. The number of aliphatic hydroxyl groups is 1. The summed E-state index contributed by atoms with van der Waals surface area (Å²) < 4.78 is 17.0. The van der Waals surface area contributed by atoms with Crippen LogP contribution >= 0.6 is 0 Å². The van der Waals surface area contributed by atoms with E-state index in [9.17, 15) is 9.90 Å². The maximum Gasteiger partial charge on any atom is 0.334 e. The summed E-state index contributed by atoms with van der Waals surface area (Å²) in [5.41, 5.74) is -0.273. The number of carbonyl (C=O) groups excluding carboxylic acids is 1. The Balaban J connectivity index is 1.66. The van der Waals surface area contributed by atoms with E-state index in [2.05, 4.69) is 13.5 Å². The van der Waals surface area contributed by atoms with Crippen molar-refractivity contribution >= 4 is 5.97 Å². The highest BCUT2D eigenvalue weighted by atomic mass is 16.7. The van der Waals surface area contributed by atoms with Crippen molar-refractivity contribution in [1.82, 2.24) is 0 Å². The molecule has 0 amide bonds. The van der Waals surface area contributed by atoms with Gasteiger partial charge in [-0.25, -0.2) is 4.79 Å². The average Bonchev–Trinajstić information content (AvgIpc) is 3.23. The second-order valence-corrected chi connectivity index (χ2v) is 6.93. The number of carbonyl (C=O) groups is 1. The molecule has 0 aromatic carbocycles. The Morgan fingerprint density at radius 2 is 2.10 bits per heavy atom. The van der Waals surface area contributed by atoms with Gasteiger partial charge in [0.15, 0.2) is 0 Å². The van der Waals surface area contributed by atoms with Crippen molar-refractivity contribution in [1.29, 1.82) is 0 Å². The number of aliphatic hydroxyl groups excluding tert-OH is 1. The van der Waals surface area contributed by atoms with Gasteiger partial charge in [0.1, 0.15) is 17.8 Å². The topological polar surface area (TPSA) is 71.6 Å². The van der Waals surface area contributed by atoms with Crippen LogP contribution in [0, 0.1) is 5.92 Å². The van der Waals surface area contributed by atoms with Crippen LogP contribution < -0.4 is 0 Å². The van der Waals surface area contributed by atoms with E-state index in [0.29, 0.717) is 12.0 Å². The Bertz CT molecular complexity index is 502. The van der Waals surface area contributed by atoms with Gasteiger partial charge in [0.25, 0.3) is 0 Å². The first-order chi connectivity index (χ1) is 9.35. The maximum absolute atomic E-state index is 11.8. The smallest absolute Gasteiger partial charge is 0.334 e. The SMILES string of the molecule is C=C1C(=O)O[C@H]2[C@H]1C[C@@H](O)[C@]1(C)O[C@@H]1CC[C@@]1(C)O[C@@H]21. The maximum atomic E-state index is 11.8. The number of hydrogen-bond donors (Lipinski definition) is 1. The molecule has 4 aliphatic rings. The van der Waals surface area contributed by atoms with Gasteiger partial charge in [0.2, 0.25) is 0 Å². The van der Waals surface area contributed by atoms with E-state index < -0.39 is 11.7 Å². The fourth-order valence-electron chi connectivity index (χ4n) is 3.86. The van der Waals surface area contributed by atoms with Crippen LogP contribution in [-0.2, 0) is 19.0 Å². The Morgan fingerprint density at radius 1 is 1.35 bits per heavy atom. The van der Waals surface area contributed by atoms with Gasteiger partial charge in [-0.05, 0) is 33.1 Å². The molecule has 7 atom stereocenters. The number of rotatable bonds is 0. The highest BCUT2D eigenvalue weighted by molar-refractivity contribution is 5.91. The molecule has 0 aromatic heterocycles. The number of ether oxygens (including phenoxy) is 3. The Kier molecular flexibility index (Phi) is 2.33. The van der Waals surface area contributed by atoms with Crippen molar-refractivity contribution in [3.8, 4) is 0 Å². The van der Waals surface area contributed by atoms with Gasteiger partial charge in [-0.1, -0.05) is 6.58 Å². The molecule has 1 N–H and O–H groups in total. The van der Waals surface area contributed by atoms with Crippen LogP contribution in [-0.4, -0.2) is 46.7 Å². The number of fused-ring (bicyclic) bond motifs is 4. The predicted molar refractivity (Wildman–Crippen MR) is 68.9 cm³/mol. The quantitative estimate of drug-likeness (QED) is 0.406. The highest BCUT2D eigenvalue weighted by Crippen LogP contribution is 2.54. The second-order valence-electron chi connectivity index (χ2n) is 6.93. The summed E-state index contributed by atoms with van der Waals surface area (Å²) in [4.78, 5) is 11.8. The van der Waals surface area contributed by atoms with E-state index >= 15 is 0 Å². The molecule has 0 radical (unpaired) electrons. The molecular weight excluding hydrogens is 260 g/mol. The summed E-state index contributed by atoms with van der Waals surface area (Å²) in [7, 11) is 0. The summed E-state index contributed by atoms with van der Waals surface area (Å²) in [5.74, 6) is -0.535. The highest BCUT2D eigenvalue weighted by Gasteiger charge is 2.66. The van der Waals surface area contributed by atoms with Gasteiger partial charge in [-0.2, -0.15) is 0 Å². The van der Waals surface area contributed by atoms with Crippen molar-refractivity contribution in [2.45, 2.75) is 68.7 Å². The normalized spacial score (nSPS) is 57.2. The molecule has 110 valence electrons. The zero-order chi connectivity index (χ0) is 14.3. The van der Waals surface area contributed by atoms with E-state index in [4.69, 9.17) is 14.2 Å². The van der Waals surface area contributed by atoms with Gasteiger partial charge in [-0.3, -0.25) is 0 Å². The van der Waals surface area contributed by atoms with Gasteiger partial charge >= 0.3 is 5.97 Å². The molecule has 0 spiro atoms. The lowest BCUT2D eigenvalue weighted by Crippen LogP contribution is -2.37. The lowest BCUT2D eigenvalue weighted by molar-refractivity contribution is -0.140. The third-order valence-corrected chi connectivity index (χ3v) is 5.61. The summed E-state index contributed by atoms with van der Waals surface area (Å²) in [6.07, 6.45) is 1.26. The fraction of sp³-hybridized carbons (Fsp3) is 0.800. The molecule has 1 aliphatic carbocycles. The van der Waals surface area contributed by atoms with Crippen LogP contribution in [0.1, 0.15) is 33.1 Å². The minimum Gasteiger partial charge on any atom is -0.455 e. The van der Waals surface area contributed by atoms with Crippen LogP contribution in [0.4, 0.5) is 0 Å². The van der Waals surface area contributed by atoms with E-state index in [0.717, 1.165) is 12.8 Å². The van der Waals surface area contributed by atoms with Crippen LogP contribution in [0.25, 0.3) is 0 Å². The molecule has 20 heavy (non-hydrogen) atoms. The van der Waals surface area contributed by atoms with E-state index in [1.54, 1.807) is 0 Å². The lowest BCUT2D eigenvalue weighted by Gasteiger charge is -2.24. The monoisotopic (exact) mass is 280 g/mol. The molecule has 0 aromatic rings. The Morgan fingerprint density at radius 3 is 2.85 bits per heavy atom. The predicted octanol–water partition coefficient (Wildman–Crippen LogP) is 0.944. The standard InChI is InChI=1S/C15H20O5/c1-7-8-6-9(16)15(3)10(19-15)4-5-14(2)12(20-14)11(8)18-13(7)17/h8-12,16H,1,4-6H2,2-3H3/t8-,9+,10+,11-,12-,14+,15-/m0/s1. The molecule has 3 heterocycles. The van der Waals surface area contributed by atoms with Crippen molar-refractivity contribution < 1.29 is 24.1 Å². The van der Waals surface area contributed by atoms with Crippen LogP contribution in [0.3, 0.4) is 0 Å². The molecule has 4 rings (SSSR count). The second kappa shape index (κ2) is 3.64. The fourth-order valence-corrected chi connectivity index (χ4v) is 3.86. The zero-order valence-electron chi connectivity index (χ0n) is 11.8. The number of epoxide rings is 2. The summed E-state index contributed by atoms with van der Waals surface area (Å²) >= 11 is 0. The van der Waals surface area contributed by atoms with Crippen molar-refractivity contribution in [2.75, 3.05) is 0 Å². The minimum absolute atomic E-state index is 0.0778. The third kappa shape index (κ3) is 1.57. The molecule has 0 bridgehead atoms. The first kappa shape index (κ1) is 12.8. The Labute approximate surface area is 117 Å². The number of esters is 1. The molecule has 5 heteroatoms. The average molecular weight is 280 g/mol. The van der Waals surface area contributed by atoms with E-state index in [1.807, 2.05) is 6.92 Å². The van der Waals surface area contributed by atoms with Crippen LogP contribution in [0.2, 0.25) is 0 Å². The molecular formula is C15H20O5. The van der Waals surface area contributed by atoms with Crippen molar-refractivity contribution in [3.63, 3.8) is 0 Å². The van der Waals surface area contributed by atoms with Gasteiger partial charge in [0.05, 0.1) is 17.8 Å². The van der Waals surface area contributed by atoms with Crippen LogP contribution in [0.15, 0.2) is 12.2 Å².